The molecule has 4 unspecified atom stereocenters. The molecule has 1 N–H and O–H groups in total. The maximum atomic E-state index is 15.5. The largest absolute Gasteiger partial charge is 0.302 e. The Kier molecular flexibility index (Phi) is 5.48. The first-order valence-corrected chi connectivity index (χ1v) is 12.6. The molecular formula is C29H30F2N2O. The Hall–Kier alpha value is -2.66. The van der Waals surface area contributed by atoms with Gasteiger partial charge < -0.3 is 5.32 Å². The van der Waals surface area contributed by atoms with Crippen molar-refractivity contribution >= 4 is 16.7 Å². The molecule has 3 nitrogen and oxygen atoms in total. The topological polar surface area (TPSA) is 42.0 Å². The number of ketones is 1. The highest BCUT2D eigenvalue weighted by atomic mass is 19.1. The molecule has 0 amide bonds. The van der Waals surface area contributed by atoms with Gasteiger partial charge in [-0.25, -0.2) is 8.78 Å². The van der Waals surface area contributed by atoms with Crippen molar-refractivity contribution in [3.05, 3.63) is 66.1 Å². The fourth-order valence-corrected chi connectivity index (χ4v) is 6.22. The van der Waals surface area contributed by atoms with E-state index in [4.69, 9.17) is 0 Å². The number of alkyl halides is 1. The van der Waals surface area contributed by atoms with E-state index in [0.29, 0.717) is 37.3 Å². The van der Waals surface area contributed by atoms with Crippen LogP contribution in [0, 0.1) is 23.6 Å². The van der Waals surface area contributed by atoms with Crippen LogP contribution < -0.4 is 5.32 Å². The third-order valence-electron chi connectivity index (χ3n) is 8.44. The van der Waals surface area contributed by atoms with Gasteiger partial charge in [0.25, 0.3) is 0 Å². The fourth-order valence-electron chi connectivity index (χ4n) is 6.22. The molecule has 3 aromatic rings. The van der Waals surface area contributed by atoms with Crippen LogP contribution in [0.25, 0.3) is 22.0 Å². The first-order chi connectivity index (χ1) is 16.5. The summed E-state index contributed by atoms with van der Waals surface area (Å²) in [6.45, 7) is 0.298. The minimum Gasteiger partial charge on any atom is -0.302 e. The molecule has 4 atom stereocenters. The van der Waals surface area contributed by atoms with Crippen LogP contribution in [0.1, 0.15) is 44.1 Å². The minimum atomic E-state index is -0.993. The highest BCUT2D eigenvalue weighted by Gasteiger charge is 2.51. The van der Waals surface area contributed by atoms with E-state index in [2.05, 4.69) is 10.3 Å². The Morgan fingerprint density at radius 2 is 1.88 bits per heavy atom. The summed E-state index contributed by atoms with van der Waals surface area (Å²) < 4.78 is 30.6. The van der Waals surface area contributed by atoms with Crippen molar-refractivity contribution in [3.63, 3.8) is 0 Å². The van der Waals surface area contributed by atoms with Crippen molar-refractivity contribution in [2.24, 2.45) is 17.8 Å². The number of rotatable bonds is 4. The second-order valence-electron chi connectivity index (χ2n) is 10.7. The number of carbonyl (C=O) groups excluding carboxylic acids is 1. The first kappa shape index (κ1) is 21.8. The Bertz CT molecular complexity index is 1240. The van der Waals surface area contributed by atoms with Crippen molar-refractivity contribution in [2.75, 3.05) is 6.54 Å². The van der Waals surface area contributed by atoms with Gasteiger partial charge in [0.2, 0.25) is 0 Å². The maximum Gasteiger partial charge on any atom is 0.150 e. The molecule has 3 fully saturated rings. The molecular weight excluding hydrogens is 430 g/mol. The molecule has 2 aliphatic carbocycles. The number of hydrogen-bond donors (Lipinski definition) is 1. The van der Waals surface area contributed by atoms with Crippen LogP contribution in [0.3, 0.4) is 0 Å². The van der Waals surface area contributed by atoms with E-state index in [1.54, 1.807) is 12.3 Å². The van der Waals surface area contributed by atoms with Crippen LogP contribution in [0.4, 0.5) is 8.78 Å². The van der Waals surface area contributed by atoms with Gasteiger partial charge in [-0.2, -0.15) is 0 Å². The molecule has 5 heteroatoms. The van der Waals surface area contributed by atoms with Crippen LogP contribution in [0.2, 0.25) is 0 Å². The Labute approximate surface area is 199 Å². The summed E-state index contributed by atoms with van der Waals surface area (Å²) in [5.41, 5.74) is 2.73. The lowest BCUT2D eigenvalue weighted by Crippen LogP contribution is -2.62. The molecule has 176 valence electrons. The van der Waals surface area contributed by atoms with Gasteiger partial charge in [0.05, 0.1) is 17.6 Å². The number of nitrogens with one attached hydrogen (secondary N) is 1. The number of pyridine rings is 1. The third-order valence-corrected chi connectivity index (χ3v) is 8.44. The molecule has 1 spiro atoms. The zero-order chi connectivity index (χ0) is 23.3. The van der Waals surface area contributed by atoms with E-state index in [0.717, 1.165) is 47.7 Å². The first-order valence-electron chi connectivity index (χ1n) is 12.6. The Morgan fingerprint density at radius 3 is 2.68 bits per heavy atom. The molecule has 0 bridgehead atoms. The van der Waals surface area contributed by atoms with Gasteiger partial charge in [0.1, 0.15) is 17.8 Å². The Morgan fingerprint density at radius 1 is 1.06 bits per heavy atom. The predicted octanol–water partition coefficient (Wildman–Crippen LogP) is 6.05. The van der Waals surface area contributed by atoms with E-state index in [-0.39, 0.29) is 23.4 Å². The number of hydrogen-bond acceptors (Lipinski definition) is 3. The van der Waals surface area contributed by atoms with Gasteiger partial charge in [-0.1, -0.05) is 30.3 Å². The summed E-state index contributed by atoms with van der Waals surface area (Å²) in [7, 11) is 0. The van der Waals surface area contributed by atoms with Crippen LogP contribution in [0.5, 0.6) is 0 Å². The molecule has 0 radical (unpaired) electrons. The summed E-state index contributed by atoms with van der Waals surface area (Å²) >= 11 is 0. The normalized spacial score (nSPS) is 29.6. The predicted molar refractivity (Wildman–Crippen MR) is 130 cm³/mol. The van der Waals surface area contributed by atoms with E-state index >= 15 is 8.78 Å². The fraction of sp³-hybridized carbons (Fsp3) is 0.448. The SMILES string of the molecule is O=C1CNC2(CCC(Cc3ccc(-c4ccc5cccnc5c4)cc3F)CC2F)CC1C1CC1. The molecule has 2 saturated carbocycles. The van der Waals surface area contributed by atoms with Crippen LogP contribution in [-0.2, 0) is 11.2 Å². The van der Waals surface area contributed by atoms with Crippen molar-refractivity contribution in [3.8, 4) is 11.1 Å². The van der Waals surface area contributed by atoms with Crippen molar-refractivity contribution in [1.82, 2.24) is 10.3 Å². The van der Waals surface area contributed by atoms with Gasteiger partial charge in [-0.3, -0.25) is 9.78 Å². The Balaban J connectivity index is 1.14. The number of carbonyl (C=O) groups is 1. The lowest BCUT2D eigenvalue weighted by Gasteiger charge is -2.48. The lowest BCUT2D eigenvalue weighted by atomic mass is 9.67. The zero-order valence-electron chi connectivity index (χ0n) is 19.3. The third kappa shape index (κ3) is 4.04. The molecule has 1 aliphatic heterocycles. The van der Waals surface area contributed by atoms with Crippen molar-refractivity contribution < 1.29 is 13.6 Å². The molecule has 6 rings (SSSR count). The average Bonchev–Trinajstić information content (AvgIpc) is 3.69. The summed E-state index contributed by atoms with van der Waals surface area (Å²) in [6.07, 6.45) is 6.17. The number of fused-ring (bicyclic) bond motifs is 1. The summed E-state index contributed by atoms with van der Waals surface area (Å²) in [5.74, 6) is 0.648. The number of piperidine rings is 1. The van der Waals surface area contributed by atoms with Crippen LogP contribution >= 0.6 is 0 Å². The monoisotopic (exact) mass is 460 g/mol. The van der Waals surface area contributed by atoms with Gasteiger partial charge in [0.15, 0.2) is 0 Å². The van der Waals surface area contributed by atoms with E-state index in [1.165, 1.54) is 0 Å². The number of halogens is 2. The molecule has 1 aromatic heterocycles. The average molecular weight is 461 g/mol. The number of Topliss-reactive ketones (excluding diaryl/α,β-unsaturated/α-hetero) is 1. The second-order valence-corrected chi connectivity index (χ2v) is 10.7. The van der Waals surface area contributed by atoms with E-state index in [9.17, 15) is 4.79 Å². The van der Waals surface area contributed by atoms with Gasteiger partial charge in [-0.15, -0.1) is 0 Å². The zero-order valence-corrected chi connectivity index (χ0v) is 19.3. The number of nitrogens with zero attached hydrogens (tertiary/aromatic N) is 1. The van der Waals surface area contributed by atoms with Gasteiger partial charge in [0, 0.05) is 17.5 Å². The number of benzene rings is 2. The molecule has 1 saturated heterocycles. The van der Waals surface area contributed by atoms with E-state index < -0.39 is 11.7 Å². The molecule has 2 heterocycles. The van der Waals surface area contributed by atoms with Gasteiger partial charge in [-0.05, 0) is 91.7 Å². The minimum absolute atomic E-state index is 0.0337. The highest BCUT2D eigenvalue weighted by molar-refractivity contribution is 5.85. The van der Waals surface area contributed by atoms with E-state index in [1.807, 2.05) is 42.5 Å². The quantitative estimate of drug-likeness (QED) is 0.515. The smallest absolute Gasteiger partial charge is 0.150 e. The number of aromatic nitrogens is 1. The molecule has 34 heavy (non-hydrogen) atoms. The summed E-state index contributed by atoms with van der Waals surface area (Å²) in [5, 5.41) is 4.33. The van der Waals surface area contributed by atoms with Crippen LogP contribution in [0.15, 0.2) is 54.7 Å². The van der Waals surface area contributed by atoms with Crippen molar-refractivity contribution in [2.45, 2.75) is 56.7 Å². The van der Waals surface area contributed by atoms with Gasteiger partial charge >= 0.3 is 0 Å². The standard InChI is InChI=1S/C29H30F2N2O/c30-25-14-21(22-6-5-20-2-1-11-32-26(20)15-22)7-8-23(25)12-18-9-10-29(28(31)13-18)16-24(19-3-4-19)27(34)17-33-29/h1-2,5-8,11,14-15,18-19,24,28,33H,3-4,9-10,12-13,16-17H2. The summed E-state index contributed by atoms with van der Waals surface area (Å²) in [6, 6.07) is 15.3. The highest BCUT2D eigenvalue weighted by Crippen LogP contribution is 2.47. The lowest BCUT2D eigenvalue weighted by molar-refractivity contribution is -0.128. The molecule has 3 aliphatic rings. The second kappa shape index (κ2) is 8.53. The maximum absolute atomic E-state index is 15.5. The molecule has 2 aromatic carbocycles. The van der Waals surface area contributed by atoms with Crippen LogP contribution in [-0.4, -0.2) is 29.0 Å². The summed E-state index contributed by atoms with van der Waals surface area (Å²) in [4.78, 5) is 16.7. The van der Waals surface area contributed by atoms with Crippen molar-refractivity contribution in [1.29, 1.82) is 0 Å².